The van der Waals surface area contributed by atoms with E-state index >= 15 is 0 Å². The van der Waals surface area contributed by atoms with Crippen molar-refractivity contribution in [3.63, 3.8) is 0 Å². The fourth-order valence-corrected chi connectivity index (χ4v) is 3.36. The van der Waals surface area contributed by atoms with Crippen molar-refractivity contribution in [2.24, 2.45) is 5.92 Å². The van der Waals surface area contributed by atoms with E-state index in [0.29, 0.717) is 16.8 Å². The van der Waals surface area contributed by atoms with Crippen LogP contribution in [0.2, 0.25) is 0 Å². The first-order chi connectivity index (χ1) is 9.95. The Morgan fingerprint density at radius 1 is 1.29 bits per heavy atom. The number of aliphatic hydroxyl groups excluding tert-OH is 1. The van der Waals surface area contributed by atoms with Crippen LogP contribution in [0.5, 0.6) is 0 Å². The van der Waals surface area contributed by atoms with Gasteiger partial charge in [-0.1, -0.05) is 12.8 Å². The van der Waals surface area contributed by atoms with E-state index in [0.717, 1.165) is 31.4 Å². The second-order valence-electron chi connectivity index (χ2n) is 5.99. The van der Waals surface area contributed by atoms with Gasteiger partial charge in [0, 0.05) is 29.8 Å². The average Bonchev–Trinajstić information content (AvgIpc) is 2.74. The predicted molar refractivity (Wildman–Crippen MR) is 80.6 cm³/mol. The van der Waals surface area contributed by atoms with Gasteiger partial charge >= 0.3 is 0 Å². The Labute approximate surface area is 125 Å². The van der Waals surface area contributed by atoms with Gasteiger partial charge in [0.15, 0.2) is 5.78 Å². The first kappa shape index (κ1) is 15.8. The van der Waals surface area contributed by atoms with E-state index in [2.05, 4.69) is 10.3 Å². The molecule has 0 radical (unpaired) electrons. The van der Waals surface area contributed by atoms with Gasteiger partial charge < -0.3 is 15.4 Å². The minimum Gasteiger partial charge on any atom is -0.396 e. The molecular weight excluding hydrogens is 268 g/mol. The Morgan fingerprint density at radius 3 is 2.52 bits per heavy atom. The highest BCUT2D eigenvalue weighted by Crippen LogP contribution is 2.25. The molecule has 1 aliphatic carbocycles. The van der Waals surface area contributed by atoms with Crippen LogP contribution in [0.15, 0.2) is 0 Å². The molecule has 5 heteroatoms. The fourth-order valence-electron chi connectivity index (χ4n) is 3.36. The molecule has 21 heavy (non-hydrogen) atoms. The van der Waals surface area contributed by atoms with Crippen LogP contribution in [0.3, 0.4) is 0 Å². The first-order valence-electron chi connectivity index (χ1n) is 7.57. The van der Waals surface area contributed by atoms with Crippen molar-refractivity contribution < 1.29 is 14.7 Å². The van der Waals surface area contributed by atoms with Crippen LogP contribution in [0, 0.1) is 19.8 Å². The Kier molecular flexibility index (Phi) is 4.83. The van der Waals surface area contributed by atoms with E-state index in [1.165, 1.54) is 6.92 Å². The quantitative estimate of drug-likeness (QED) is 0.743. The zero-order chi connectivity index (χ0) is 15.6. The molecule has 1 aromatic heterocycles. The summed E-state index contributed by atoms with van der Waals surface area (Å²) in [6, 6.07) is 0.0139. The standard InChI is InChI=1S/C16H24N2O3/c1-9-14(11(3)20)10(2)17-15(9)16(21)18-13-7-5-4-6-12(13)8-19/h12-13,17,19H,4-8H2,1-3H3,(H,18,21). The van der Waals surface area contributed by atoms with Crippen LogP contribution in [0.25, 0.3) is 0 Å². The summed E-state index contributed by atoms with van der Waals surface area (Å²) in [6.45, 7) is 5.21. The van der Waals surface area contributed by atoms with Crippen LogP contribution >= 0.6 is 0 Å². The van der Waals surface area contributed by atoms with Crippen molar-refractivity contribution in [2.45, 2.75) is 52.5 Å². The number of aromatic amines is 1. The summed E-state index contributed by atoms with van der Waals surface area (Å²) in [4.78, 5) is 27.1. The number of hydrogen-bond donors (Lipinski definition) is 3. The molecule has 0 saturated heterocycles. The van der Waals surface area contributed by atoms with E-state index in [1.807, 2.05) is 0 Å². The van der Waals surface area contributed by atoms with Crippen molar-refractivity contribution >= 4 is 11.7 Å². The van der Waals surface area contributed by atoms with E-state index < -0.39 is 0 Å². The lowest BCUT2D eigenvalue weighted by Gasteiger charge is -2.30. The summed E-state index contributed by atoms with van der Waals surface area (Å²) in [6.07, 6.45) is 4.02. The maximum absolute atomic E-state index is 12.4. The number of rotatable bonds is 4. The van der Waals surface area contributed by atoms with Gasteiger partial charge in [0.05, 0.1) is 0 Å². The fraction of sp³-hybridized carbons (Fsp3) is 0.625. The van der Waals surface area contributed by atoms with Gasteiger partial charge in [-0.15, -0.1) is 0 Å². The SMILES string of the molecule is CC(=O)c1c(C)[nH]c(C(=O)NC2CCCCC2CO)c1C. The molecule has 0 spiro atoms. The molecule has 1 fully saturated rings. The third-order valence-corrected chi connectivity index (χ3v) is 4.48. The second kappa shape index (κ2) is 6.43. The number of H-pyrrole nitrogens is 1. The molecule has 1 aliphatic rings. The normalized spacial score (nSPS) is 22.1. The molecule has 2 unspecified atom stereocenters. The summed E-state index contributed by atoms with van der Waals surface area (Å²) in [7, 11) is 0. The van der Waals surface area contributed by atoms with Gasteiger partial charge in [-0.3, -0.25) is 9.59 Å². The maximum Gasteiger partial charge on any atom is 0.268 e. The van der Waals surface area contributed by atoms with Crippen molar-refractivity contribution in [1.29, 1.82) is 0 Å². The number of aromatic nitrogens is 1. The van der Waals surface area contributed by atoms with Gasteiger partial charge in [-0.05, 0) is 39.2 Å². The highest BCUT2D eigenvalue weighted by molar-refractivity contribution is 6.02. The highest BCUT2D eigenvalue weighted by atomic mass is 16.3. The first-order valence-corrected chi connectivity index (χ1v) is 7.57. The van der Waals surface area contributed by atoms with Crippen LogP contribution < -0.4 is 5.32 Å². The molecule has 2 rings (SSSR count). The van der Waals surface area contributed by atoms with E-state index in [1.54, 1.807) is 13.8 Å². The van der Waals surface area contributed by atoms with Crippen molar-refractivity contribution in [3.05, 3.63) is 22.5 Å². The van der Waals surface area contributed by atoms with Gasteiger partial charge in [-0.2, -0.15) is 0 Å². The van der Waals surface area contributed by atoms with Crippen LogP contribution in [-0.2, 0) is 0 Å². The topological polar surface area (TPSA) is 82.2 Å². The zero-order valence-electron chi connectivity index (χ0n) is 13.0. The largest absolute Gasteiger partial charge is 0.396 e. The number of aliphatic hydroxyl groups is 1. The second-order valence-corrected chi connectivity index (χ2v) is 5.99. The predicted octanol–water partition coefficient (Wildman–Crippen LogP) is 2.12. The molecule has 1 heterocycles. The monoisotopic (exact) mass is 292 g/mol. The lowest BCUT2D eigenvalue weighted by molar-refractivity contribution is 0.0867. The molecule has 1 amide bonds. The van der Waals surface area contributed by atoms with Gasteiger partial charge in [0.2, 0.25) is 0 Å². The van der Waals surface area contributed by atoms with E-state index in [-0.39, 0.29) is 30.3 Å². The third-order valence-electron chi connectivity index (χ3n) is 4.48. The number of amides is 1. The molecular formula is C16H24N2O3. The minimum absolute atomic E-state index is 0.0139. The minimum atomic E-state index is -0.187. The summed E-state index contributed by atoms with van der Waals surface area (Å²) >= 11 is 0. The number of carbonyl (C=O) groups excluding carboxylic acids is 2. The van der Waals surface area contributed by atoms with Gasteiger partial charge in [0.1, 0.15) is 5.69 Å². The smallest absolute Gasteiger partial charge is 0.268 e. The molecule has 5 nitrogen and oxygen atoms in total. The Hall–Kier alpha value is -1.62. The lowest BCUT2D eigenvalue weighted by Crippen LogP contribution is -2.43. The Balaban J connectivity index is 2.17. The molecule has 0 aliphatic heterocycles. The Morgan fingerprint density at radius 2 is 1.95 bits per heavy atom. The summed E-state index contributed by atoms with van der Waals surface area (Å²) in [5.74, 6) is -0.0917. The number of hydrogen-bond acceptors (Lipinski definition) is 3. The van der Waals surface area contributed by atoms with Crippen LogP contribution in [0.4, 0.5) is 0 Å². The molecule has 1 aromatic rings. The maximum atomic E-state index is 12.4. The zero-order valence-corrected chi connectivity index (χ0v) is 13.0. The van der Waals surface area contributed by atoms with Gasteiger partial charge in [-0.25, -0.2) is 0 Å². The number of ketones is 1. The van der Waals surface area contributed by atoms with E-state index in [9.17, 15) is 14.7 Å². The number of aryl methyl sites for hydroxylation is 1. The number of nitrogens with one attached hydrogen (secondary N) is 2. The van der Waals surface area contributed by atoms with Crippen LogP contribution in [0.1, 0.15) is 64.7 Å². The highest BCUT2D eigenvalue weighted by Gasteiger charge is 2.28. The third kappa shape index (κ3) is 3.18. The molecule has 0 aromatic carbocycles. The van der Waals surface area contributed by atoms with Gasteiger partial charge in [0.25, 0.3) is 5.91 Å². The molecule has 0 bridgehead atoms. The summed E-state index contributed by atoms with van der Waals surface area (Å²) in [5, 5.41) is 12.4. The summed E-state index contributed by atoms with van der Waals surface area (Å²) < 4.78 is 0. The van der Waals surface area contributed by atoms with Crippen molar-refractivity contribution in [2.75, 3.05) is 6.61 Å². The molecule has 2 atom stereocenters. The number of carbonyl (C=O) groups is 2. The summed E-state index contributed by atoms with van der Waals surface area (Å²) in [5.41, 5.74) is 2.49. The molecule has 116 valence electrons. The van der Waals surface area contributed by atoms with E-state index in [4.69, 9.17) is 0 Å². The lowest BCUT2D eigenvalue weighted by atomic mass is 9.85. The molecule has 3 N–H and O–H groups in total. The van der Waals surface area contributed by atoms with Crippen molar-refractivity contribution in [1.82, 2.24) is 10.3 Å². The Bertz CT molecular complexity index is 548. The molecule has 1 saturated carbocycles. The average molecular weight is 292 g/mol. The number of Topliss-reactive ketones (excluding diaryl/α,β-unsaturated/α-hetero) is 1. The van der Waals surface area contributed by atoms with Crippen LogP contribution in [-0.4, -0.2) is 34.4 Å². The van der Waals surface area contributed by atoms with Crippen molar-refractivity contribution in [3.8, 4) is 0 Å².